The summed E-state index contributed by atoms with van der Waals surface area (Å²) >= 11 is 0. The first-order valence-corrected chi connectivity index (χ1v) is 12.6. The molecule has 0 spiro atoms. The van der Waals surface area contributed by atoms with Gasteiger partial charge in [-0.1, -0.05) is 119 Å². The van der Waals surface area contributed by atoms with Gasteiger partial charge in [-0.2, -0.15) is 0 Å². The second-order valence-electron chi connectivity index (χ2n) is 7.13. The fourth-order valence-electron chi connectivity index (χ4n) is 1.95. The van der Waals surface area contributed by atoms with Gasteiger partial charge in [0, 0.05) is 7.11 Å². The summed E-state index contributed by atoms with van der Waals surface area (Å²) < 4.78 is 0. The van der Waals surface area contributed by atoms with Crippen molar-refractivity contribution in [1.82, 2.24) is 0 Å². The first kappa shape index (κ1) is 40.9. The van der Waals surface area contributed by atoms with E-state index >= 15 is 0 Å². The number of aliphatic hydroxyl groups is 1. The van der Waals surface area contributed by atoms with E-state index in [1.165, 1.54) is 77.0 Å². The van der Waals surface area contributed by atoms with Crippen LogP contribution in [0.5, 0.6) is 0 Å². The Morgan fingerprint density at radius 2 is 0.500 bits per heavy atom. The van der Waals surface area contributed by atoms with E-state index in [1.807, 2.05) is 0 Å². The molecule has 0 heterocycles. The van der Waals surface area contributed by atoms with Crippen LogP contribution in [0.4, 0.5) is 0 Å². The molecule has 0 unspecified atom stereocenters. The normalized spacial score (nSPS) is 9.20. The van der Waals surface area contributed by atoms with E-state index in [0.29, 0.717) is 0 Å². The topological polar surface area (TPSA) is 62.5 Å². The van der Waals surface area contributed by atoms with Gasteiger partial charge in [0.05, 0.1) is 0 Å². The number of aliphatic hydroxyl groups excluding tert-OH is 1. The quantitative estimate of drug-likeness (QED) is 0.160. The molecule has 0 bridgehead atoms. The zero-order valence-electron chi connectivity index (χ0n) is 22.0. The van der Waals surface area contributed by atoms with E-state index in [1.54, 1.807) is 0 Å². The summed E-state index contributed by atoms with van der Waals surface area (Å²) in [6, 6.07) is 0. The van der Waals surface area contributed by atoms with E-state index in [0.717, 1.165) is 46.4 Å². The van der Waals surface area contributed by atoms with Crippen LogP contribution in [0.15, 0.2) is 0 Å². The van der Waals surface area contributed by atoms with Gasteiger partial charge in [-0.05, 0) is 0 Å². The summed E-state index contributed by atoms with van der Waals surface area (Å²) in [4.78, 5) is 0. The van der Waals surface area contributed by atoms with Gasteiger partial charge < -0.3 is 21.1 Å². The van der Waals surface area contributed by atoms with Gasteiger partial charge in [0.1, 0.15) is 0 Å². The first-order chi connectivity index (χ1) is 14.2. The van der Waals surface area contributed by atoms with Crippen LogP contribution in [0, 0.1) is 0 Å². The molecule has 0 saturated heterocycles. The second kappa shape index (κ2) is 51.9. The molecule has 0 fully saturated rings. The molecule has 0 amide bonds. The molecule has 0 aromatic rings. The van der Waals surface area contributed by atoms with Crippen LogP contribution in [0.2, 0.25) is 0 Å². The Balaban J connectivity index is -0.0000000982. The predicted molar refractivity (Wildman–Crippen MR) is 137 cm³/mol. The van der Waals surface area contributed by atoms with Crippen molar-refractivity contribution in [2.45, 2.75) is 119 Å². The molecule has 30 heavy (non-hydrogen) atoms. The number of nitrogens with zero attached hydrogens (tertiary/aromatic N) is 3. The van der Waals surface area contributed by atoms with E-state index in [4.69, 9.17) is 5.11 Å². The van der Waals surface area contributed by atoms with E-state index in [2.05, 4.69) is 57.5 Å². The van der Waals surface area contributed by atoms with Gasteiger partial charge in [-0.3, -0.25) is 0 Å². The molecule has 4 nitrogen and oxygen atoms in total. The minimum atomic E-state index is 0. The SMILES string of the molecule is CCCC[N-]CCCC.CCCC[N-]CCCC.CCCC[N-]CCCC.CO.[Ti+3]. The van der Waals surface area contributed by atoms with Crippen LogP contribution < -0.4 is 0 Å². The molecule has 5 heteroatoms. The van der Waals surface area contributed by atoms with Crippen LogP contribution in [0.3, 0.4) is 0 Å². The monoisotopic (exact) mass is 464 g/mol. The van der Waals surface area contributed by atoms with Crippen molar-refractivity contribution in [3.8, 4) is 0 Å². The Bertz CT molecular complexity index is 160. The van der Waals surface area contributed by atoms with Crippen molar-refractivity contribution >= 4 is 0 Å². The van der Waals surface area contributed by atoms with Crippen LogP contribution in [-0.2, 0) is 21.7 Å². The fourth-order valence-corrected chi connectivity index (χ4v) is 1.95. The van der Waals surface area contributed by atoms with Crippen LogP contribution in [-0.4, -0.2) is 51.5 Å². The van der Waals surface area contributed by atoms with Crippen molar-refractivity contribution in [3.05, 3.63) is 16.0 Å². The molecule has 0 aromatic carbocycles. The van der Waals surface area contributed by atoms with Crippen LogP contribution >= 0.6 is 0 Å². The second-order valence-corrected chi connectivity index (χ2v) is 7.13. The summed E-state index contributed by atoms with van der Waals surface area (Å²) in [5.41, 5.74) is 0. The largest absolute Gasteiger partial charge is 3.00 e. The van der Waals surface area contributed by atoms with Gasteiger partial charge in [0.15, 0.2) is 0 Å². The molecule has 1 radical (unpaired) electrons. The Kier molecular flexibility index (Phi) is 70.7. The summed E-state index contributed by atoms with van der Waals surface area (Å²) in [5, 5.41) is 20.1. The molecule has 0 aliphatic carbocycles. The standard InChI is InChI=1S/3C8H18N.CH4O.Ti/c3*1-3-5-7-9-8-6-4-2;1-2;/h3*3-8H2,1-2H3;2H,1H3;/q3*-1;;+3. The Morgan fingerprint density at radius 3 is 0.600 bits per heavy atom. The molecule has 1 N–H and O–H groups in total. The number of hydrogen-bond donors (Lipinski definition) is 1. The minimum absolute atomic E-state index is 0. The number of hydrogen-bond acceptors (Lipinski definition) is 1. The van der Waals surface area contributed by atoms with E-state index < -0.39 is 0 Å². The molecule has 0 aliphatic heterocycles. The molecule has 0 rings (SSSR count). The van der Waals surface area contributed by atoms with E-state index in [-0.39, 0.29) is 21.7 Å². The van der Waals surface area contributed by atoms with Gasteiger partial charge in [0.25, 0.3) is 0 Å². The predicted octanol–water partition coefficient (Wildman–Crippen LogP) is 8.49. The smallest absolute Gasteiger partial charge is 0.662 e. The Hall–Kier alpha value is 0.554. The maximum absolute atomic E-state index is 7.00. The number of unbranched alkanes of at least 4 members (excludes halogenated alkanes) is 6. The maximum Gasteiger partial charge on any atom is 3.00 e. The summed E-state index contributed by atoms with van der Waals surface area (Å²) in [6.07, 6.45) is 15.2. The van der Waals surface area contributed by atoms with Gasteiger partial charge in [-0.25, -0.2) is 0 Å². The third-order valence-electron chi connectivity index (χ3n) is 4.02. The van der Waals surface area contributed by atoms with Gasteiger partial charge in [0.2, 0.25) is 0 Å². The summed E-state index contributed by atoms with van der Waals surface area (Å²) in [5.74, 6) is 0. The van der Waals surface area contributed by atoms with Gasteiger partial charge in [-0.15, -0.1) is 39.3 Å². The summed E-state index contributed by atoms with van der Waals surface area (Å²) in [6.45, 7) is 19.7. The number of rotatable bonds is 18. The van der Waals surface area contributed by atoms with Crippen LogP contribution in [0.25, 0.3) is 16.0 Å². The first-order valence-electron chi connectivity index (χ1n) is 12.6. The molecule has 183 valence electrons. The zero-order chi connectivity index (χ0) is 22.8. The minimum Gasteiger partial charge on any atom is -0.662 e. The van der Waals surface area contributed by atoms with Gasteiger partial charge >= 0.3 is 21.7 Å². The van der Waals surface area contributed by atoms with Crippen molar-refractivity contribution in [1.29, 1.82) is 0 Å². The third kappa shape index (κ3) is 63.0. The van der Waals surface area contributed by atoms with Crippen molar-refractivity contribution in [2.75, 3.05) is 46.4 Å². The van der Waals surface area contributed by atoms with Crippen molar-refractivity contribution in [3.63, 3.8) is 0 Å². The Morgan fingerprint density at radius 1 is 0.367 bits per heavy atom. The fraction of sp³-hybridized carbons (Fsp3) is 1.00. The molecule has 0 atom stereocenters. The third-order valence-corrected chi connectivity index (χ3v) is 4.02. The average Bonchev–Trinajstić information content (AvgIpc) is 2.76. The molecule has 0 saturated carbocycles. The van der Waals surface area contributed by atoms with Crippen molar-refractivity contribution < 1.29 is 26.8 Å². The summed E-state index contributed by atoms with van der Waals surface area (Å²) in [7, 11) is 1.00. The molecular weight excluding hydrogens is 406 g/mol. The van der Waals surface area contributed by atoms with Crippen LogP contribution in [0.1, 0.15) is 119 Å². The molecule has 0 aliphatic rings. The van der Waals surface area contributed by atoms with Crippen molar-refractivity contribution in [2.24, 2.45) is 0 Å². The maximum atomic E-state index is 7.00. The van der Waals surface area contributed by atoms with E-state index in [9.17, 15) is 0 Å². The zero-order valence-corrected chi connectivity index (χ0v) is 23.6. The Labute approximate surface area is 207 Å². The average molecular weight is 465 g/mol. The molecular formula is C25H58N3OTi. The molecule has 0 aromatic heterocycles.